The Labute approximate surface area is 186 Å². The van der Waals surface area contributed by atoms with Gasteiger partial charge in [-0.2, -0.15) is 5.10 Å². The number of hydrazone groups is 1. The molecular weight excluding hydrogens is 402 g/mol. The van der Waals surface area contributed by atoms with E-state index in [2.05, 4.69) is 56.8 Å². The van der Waals surface area contributed by atoms with Crippen LogP contribution < -0.4 is 10.3 Å². The molecule has 2 fully saturated rings. The summed E-state index contributed by atoms with van der Waals surface area (Å²) in [6.07, 6.45) is 6.20. The van der Waals surface area contributed by atoms with Gasteiger partial charge in [0.05, 0.1) is 5.54 Å². The molecule has 1 aliphatic carbocycles. The number of aromatic nitrogens is 1. The lowest BCUT2D eigenvalue weighted by Gasteiger charge is -2.43. The third-order valence-corrected chi connectivity index (χ3v) is 7.08. The molecule has 0 amide bonds. The van der Waals surface area contributed by atoms with Gasteiger partial charge in [-0.1, -0.05) is 24.3 Å². The molecule has 1 atom stereocenters. The first-order valence-corrected chi connectivity index (χ1v) is 11.1. The molecule has 1 unspecified atom stereocenters. The van der Waals surface area contributed by atoms with Crippen LogP contribution in [-0.4, -0.2) is 53.1 Å². The Balaban J connectivity index is 1.18. The number of rotatable bonds is 7. The molecule has 1 aromatic heterocycles. The molecular formula is C25H25N5O2. The number of carbonyl (C=O) groups is 2. The van der Waals surface area contributed by atoms with Crippen LogP contribution in [0.1, 0.15) is 19.3 Å². The molecule has 7 nitrogen and oxygen atoms in total. The molecule has 162 valence electrons. The maximum Gasteiger partial charge on any atom is 0.177 e. The number of H-pyrrole nitrogens is 1. The number of fused-ring (bicyclic) bond motifs is 1. The first kappa shape index (κ1) is 19.3. The SMILES string of the molecule is O=CC1NN=C(CC2CN(C3(C=O)CC3)C2)N1c1ccc(-c2ccc3cc[nH]c3c2)cc1. The second-order valence-electron chi connectivity index (χ2n) is 9.13. The molecule has 3 aliphatic rings. The van der Waals surface area contributed by atoms with Crippen molar-refractivity contribution in [2.45, 2.75) is 31.0 Å². The number of nitrogens with zero attached hydrogens (tertiary/aromatic N) is 3. The summed E-state index contributed by atoms with van der Waals surface area (Å²) in [7, 11) is 0. The van der Waals surface area contributed by atoms with Crippen LogP contribution in [0.15, 0.2) is 59.8 Å². The van der Waals surface area contributed by atoms with Crippen LogP contribution in [0.5, 0.6) is 0 Å². The Hall–Kier alpha value is -3.45. The molecule has 0 radical (unpaired) electrons. The minimum atomic E-state index is -0.493. The number of benzene rings is 2. The Morgan fingerprint density at radius 2 is 1.81 bits per heavy atom. The fourth-order valence-corrected chi connectivity index (χ4v) is 4.96. The van der Waals surface area contributed by atoms with E-state index >= 15 is 0 Å². The second-order valence-corrected chi connectivity index (χ2v) is 9.13. The van der Waals surface area contributed by atoms with Gasteiger partial charge in [0.25, 0.3) is 0 Å². The summed E-state index contributed by atoms with van der Waals surface area (Å²) < 4.78 is 0. The summed E-state index contributed by atoms with van der Waals surface area (Å²) in [6.45, 7) is 1.83. The van der Waals surface area contributed by atoms with Crippen molar-refractivity contribution in [3.63, 3.8) is 0 Å². The van der Waals surface area contributed by atoms with Crippen LogP contribution in [-0.2, 0) is 9.59 Å². The summed E-state index contributed by atoms with van der Waals surface area (Å²) in [5.74, 6) is 1.33. The first-order chi connectivity index (χ1) is 15.7. The Kier molecular flexibility index (Phi) is 4.40. The van der Waals surface area contributed by atoms with Crippen molar-refractivity contribution in [2.75, 3.05) is 18.0 Å². The van der Waals surface area contributed by atoms with Crippen LogP contribution in [0.2, 0.25) is 0 Å². The maximum absolute atomic E-state index is 11.7. The lowest BCUT2D eigenvalue weighted by molar-refractivity contribution is -0.116. The van der Waals surface area contributed by atoms with Crippen molar-refractivity contribution in [2.24, 2.45) is 11.0 Å². The fourth-order valence-electron chi connectivity index (χ4n) is 4.96. The summed E-state index contributed by atoms with van der Waals surface area (Å²) >= 11 is 0. The highest BCUT2D eigenvalue weighted by atomic mass is 16.1. The highest BCUT2D eigenvalue weighted by Crippen LogP contribution is 2.44. The largest absolute Gasteiger partial charge is 0.361 e. The van der Waals surface area contributed by atoms with Gasteiger partial charge in [-0.05, 0) is 59.5 Å². The van der Waals surface area contributed by atoms with E-state index < -0.39 is 6.17 Å². The van der Waals surface area contributed by atoms with E-state index in [-0.39, 0.29) is 5.54 Å². The molecule has 6 rings (SSSR count). The first-order valence-electron chi connectivity index (χ1n) is 11.1. The highest BCUT2D eigenvalue weighted by molar-refractivity contribution is 6.03. The molecule has 1 saturated heterocycles. The number of amidine groups is 1. The minimum absolute atomic E-state index is 0.184. The van der Waals surface area contributed by atoms with Gasteiger partial charge in [0, 0.05) is 36.9 Å². The molecule has 32 heavy (non-hydrogen) atoms. The second kappa shape index (κ2) is 7.31. The standard InChI is InChI=1S/C25H25N5O2/c31-15-24-28-27-23(11-17-13-29(14-17)25(16-32)8-9-25)30(24)21-5-3-18(4-6-21)20-2-1-19-7-10-26-22(19)12-20/h1-7,10,12,15-17,24,26,28H,8-9,11,13-14H2. The van der Waals surface area contributed by atoms with Crippen molar-refractivity contribution in [3.8, 4) is 11.1 Å². The number of anilines is 1. The number of nitrogens with one attached hydrogen (secondary N) is 2. The van der Waals surface area contributed by atoms with Crippen LogP contribution in [0.25, 0.3) is 22.0 Å². The number of likely N-dealkylation sites (tertiary alicyclic amines) is 1. The van der Waals surface area contributed by atoms with E-state index in [0.717, 1.165) is 73.1 Å². The quantitative estimate of drug-likeness (QED) is 0.566. The topological polar surface area (TPSA) is 80.8 Å². The number of aldehydes is 2. The highest BCUT2D eigenvalue weighted by Gasteiger charge is 2.52. The predicted molar refractivity (Wildman–Crippen MR) is 124 cm³/mol. The zero-order valence-electron chi connectivity index (χ0n) is 17.7. The van der Waals surface area contributed by atoms with Crippen molar-refractivity contribution in [1.29, 1.82) is 0 Å². The van der Waals surface area contributed by atoms with Crippen LogP contribution >= 0.6 is 0 Å². The minimum Gasteiger partial charge on any atom is -0.361 e. The molecule has 3 heterocycles. The van der Waals surface area contributed by atoms with E-state index in [4.69, 9.17) is 0 Å². The predicted octanol–water partition coefficient (Wildman–Crippen LogP) is 3.14. The normalized spacial score (nSPS) is 22.3. The van der Waals surface area contributed by atoms with Gasteiger partial charge in [-0.3, -0.25) is 20.0 Å². The van der Waals surface area contributed by atoms with Gasteiger partial charge in [-0.25, -0.2) is 0 Å². The zero-order chi connectivity index (χ0) is 21.7. The van der Waals surface area contributed by atoms with E-state index in [0.29, 0.717) is 5.92 Å². The Morgan fingerprint density at radius 1 is 1.03 bits per heavy atom. The summed E-state index contributed by atoms with van der Waals surface area (Å²) in [5, 5.41) is 5.66. The van der Waals surface area contributed by atoms with Crippen LogP contribution in [0, 0.1) is 5.92 Å². The van der Waals surface area contributed by atoms with Gasteiger partial charge in [0.2, 0.25) is 0 Å². The van der Waals surface area contributed by atoms with Gasteiger partial charge in [-0.15, -0.1) is 0 Å². The molecule has 1 saturated carbocycles. The van der Waals surface area contributed by atoms with E-state index in [1.165, 1.54) is 5.39 Å². The zero-order valence-corrected chi connectivity index (χ0v) is 17.7. The number of hydrogen-bond donors (Lipinski definition) is 2. The fraction of sp³-hybridized carbons (Fsp3) is 0.320. The van der Waals surface area contributed by atoms with E-state index in [1.807, 2.05) is 23.2 Å². The average Bonchev–Trinajstić information content (AvgIpc) is 3.25. The molecule has 0 spiro atoms. The van der Waals surface area contributed by atoms with E-state index in [1.54, 1.807) is 0 Å². The number of aromatic amines is 1. The molecule has 3 aromatic rings. The smallest absolute Gasteiger partial charge is 0.177 e. The van der Waals surface area contributed by atoms with Crippen LogP contribution in [0.4, 0.5) is 5.69 Å². The molecule has 2 N–H and O–H groups in total. The third-order valence-electron chi connectivity index (χ3n) is 7.08. The number of hydrogen-bond acceptors (Lipinski definition) is 6. The molecule has 2 aliphatic heterocycles. The summed E-state index contributed by atoms with van der Waals surface area (Å²) in [4.78, 5) is 30.6. The van der Waals surface area contributed by atoms with Crippen molar-refractivity contribution < 1.29 is 9.59 Å². The maximum atomic E-state index is 11.7. The lowest BCUT2D eigenvalue weighted by atomic mass is 9.92. The molecule has 7 heteroatoms. The Bertz CT molecular complexity index is 1200. The summed E-state index contributed by atoms with van der Waals surface area (Å²) in [5.41, 5.74) is 7.10. The third kappa shape index (κ3) is 3.12. The average molecular weight is 428 g/mol. The Morgan fingerprint density at radius 3 is 2.53 bits per heavy atom. The van der Waals surface area contributed by atoms with Gasteiger partial charge in [0.1, 0.15) is 12.1 Å². The lowest BCUT2D eigenvalue weighted by Crippen LogP contribution is -2.55. The van der Waals surface area contributed by atoms with Crippen molar-refractivity contribution >= 4 is 35.0 Å². The van der Waals surface area contributed by atoms with Gasteiger partial charge in [0.15, 0.2) is 12.5 Å². The monoisotopic (exact) mass is 427 g/mol. The molecule has 2 aromatic carbocycles. The van der Waals surface area contributed by atoms with Gasteiger partial charge < -0.3 is 9.78 Å². The van der Waals surface area contributed by atoms with Crippen LogP contribution in [0.3, 0.4) is 0 Å². The number of carbonyl (C=O) groups excluding carboxylic acids is 2. The van der Waals surface area contributed by atoms with Gasteiger partial charge >= 0.3 is 0 Å². The van der Waals surface area contributed by atoms with Crippen molar-refractivity contribution in [1.82, 2.24) is 15.3 Å². The molecule has 0 bridgehead atoms. The van der Waals surface area contributed by atoms with E-state index in [9.17, 15) is 9.59 Å². The summed E-state index contributed by atoms with van der Waals surface area (Å²) in [6, 6.07) is 16.7. The van der Waals surface area contributed by atoms with Crippen molar-refractivity contribution in [3.05, 3.63) is 54.7 Å².